The molecule has 1 saturated heterocycles. The number of rotatable bonds is 6. The van der Waals surface area contributed by atoms with E-state index in [1.165, 1.54) is 12.1 Å². The van der Waals surface area contributed by atoms with Gasteiger partial charge in [0.15, 0.2) is 0 Å². The number of nitrogens with two attached hydrogens (primary N) is 1. The number of aryl methyl sites for hydroxylation is 2. The number of hydrogen-bond donors (Lipinski definition) is 1. The van der Waals surface area contributed by atoms with Crippen LogP contribution in [0.15, 0.2) is 23.1 Å². The molecular weight excluding hydrogens is 356 g/mol. The number of fused-ring (bicyclic) bond motifs is 1. The maximum atomic E-state index is 12.4. The van der Waals surface area contributed by atoms with Crippen LogP contribution < -0.4 is 5.14 Å². The zero-order chi connectivity index (χ0) is 18.7. The second-order valence-electron chi connectivity index (χ2n) is 6.37. The largest absolute Gasteiger partial charge is 0.378 e. The van der Waals surface area contributed by atoms with Crippen molar-refractivity contribution in [1.29, 1.82) is 0 Å². The van der Waals surface area contributed by atoms with E-state index in [1.54, 1.807) is 6.07 Å². The van der Waals surface area contributed by atoms with Gasteiger partial charge in [0.25, 0.3) is 0 Å². The van der Waals surface area contributed by atoms with Crippen LogP contribution in [0.4, 0.5) is 0 Å². The maximum Gasteiger partial charge on any atom is 0.238 e. The van der Waals surface area contributed by atoms with Gasteiger partial charge in [-0.3, -0.25) is 4.79 Å². The molecule has 9 heteroatoms. The van der Waals surface area contributed by atoms with E-state index >= 15 is 0 Å². The lowest BCUT2D eigenvalue weighted by atomic mass is 10.2. The van der Waals surface area contributed by atoms with Gasteiger partial charge in [-0.05, 0) is 24.6 Å². The van der Waals surface area contributed by atoms with Crippen molar-refractivity contribution in [1.82, 2.24) is 14.5 Å². The first kappa shape index (κ1) is 18.8. The number of hydrogen-bond acceptors (Lipinski definition) is 5. The zero-order valence-corrected chi connectivity index (χ0v) is 15.7. The smallest absolute Gasteiger partial charge is 0.238 e. The standard InChI is InChI=1S/C17H24N4O4S/c1-2-7-21-15-4-3-13(26(18,23)24)12-14(15)19-16(21)5-6-17(22)20-8-10-25-11-9-20/h3-4,12H,2,5-11H2,1H3,(H2,18,23,24). The molecule has 0 saturated carbocycles. The number of ether oxygens (including phenoxy) is 1. The molecule has 0 atom stereocenters. The highest BCUT2D eigenvalue weighted by molar-refractivity contribution is 7.89. The Hall–Kier alpha value is -1.97. The van der Waals surface area contributed by atoms with Gasteiger partial charge < -0.3 is 14.2 Å². The molecule has 1 aromatic carbocycles. The molecule has 0 aliphatic carbocycles. The van der Waals surface area contributed by atoms with Gasteiger partial charge in [-0.1, -0.05) is 6.92 Å². The molecule has 1 aliphatic rings. The van der Waals surface area contributed by atoms with E-state index in [-0.39, 0.29) is 10.8 Å². The van der Waals surface area contributed by atoms with Crippen molar-refractivity contribution in [3.8, 4) is 0 Å². The Kier molecular flexibility index (Phi) is 5.59. The third-order valence-corrected chi connectivity index (χ3v) is 5.41. The molecular formula is C17H24N4O4S. The van der Waals surface area contributed by atoms with E-state index in [0.717, 1.165) is 24.3 Å². The first-order valence-electron chi connectivity index (χ1n) is 8.77. The van der Waals surface area contributed by atoms with E-state index in [9.17, 15) is 13.2 Å². The number of benzene rings is 1. The van der Waals surface area contributed by atoms with Gasteiger partial charge >= 0.3 is 0 Å². The highest BCUT2D eigenvalue weighted by Gasteiger charge is 2.19. The molecule has 0 unspecified atom stereocenters. The summed E-state index contributed by atoms with van der Waals surface area (Å²) in [4.78, 5) is 18.8. The Morgan fingerprint density at radius 2 is 2.04 bits per heavy atom. The highest BCUT2D eigenvalue weighted by atomic mass is 32.2. The van der Waals surface area contributed by atoms with Crippen molar-refractivity contribution >= 4 is 27.0 Å². The first-order chi connectivity index (χ1) is 12.4. The molecule has 1 amide bonds. The normalized spacial score (nSPS) is 15.5. The van der Waals surface area contributed by atoms with E-state index in [0.29, 0.717) is 44.7 Å². The van der Waals surface area contributed by atoms with Gasteiger partial charge in [0, 0.05) is 32.5 Å². The van der Waals surface area contributed by atoms with Gasteiger partial charge in [-0.2, -0.15) is 0 Å². The number of carbonyl (C=O) groups is 1. The van der Waals surface area contributed by atoms with Crippen LogP contribution in [0.25, 0.3) is 11.0 Å². The van der Waals surface area contributed by atoms with Gasteiger partial charge in [0.2, 0.25) is 15.9 Å². The molecule has 142 valence electrons. The van der Waals surface area contributed by atoms with Crippen molar-refractivity contribution in [3.05, 3.63) is 24.0 Å². The lowest BCUT2D eigenvalue weighted by molar-refractivity contribution is -0.135. The first-order valence-corrected chi connectivity index (χ1v) is 10.3. The predicted molar refractivity (Wildman–Crippen MR) is 97.1 cm³/mol. The fraction of sp³-hybridized carbons (Fsp3) is 0.529. The van der Waals surface area contributed by atoms with Gasteiger partial charge in [0.05, 0.1) is 29.1 Å². The number of aromatic nitrogens is 2. The predicted octanol–water partition coefficient (Wildman–Crippen LogP) is 0.885. The molecule has 3 rings (SSSR count). The van der Waals surface area contributed by atoms with Crippen molar-refractivity contribution in [2.75, 3.05) is 26.3 Å². The summed E-state index contributed by atoms with van der Waals surface area (Å²) in [5, 5.41) is 5.21. The topological polar surface area (TPSA) is 108 Å². The number of primary sulfonamides is 1. The van der Waals surface area contributed by atoms with Crippen LogP contribution in [0.1, 0.15) is 25.6 Å². The minimum absolute atomic E-state index is 0.0436. The molecule has 0 bridgehead atoms. The van der Waals surface area contributed by atoms with E-state index in [4.69, 9.17) is 9.88 Å². The number of amides is 1. The molecule has 8 nitrogen and oxygen atoms in total. The van der Waals surface area contributed by atoms with Crippen LogP contribution >= 0.6 is 0 Å². The summed E-state index contributed by atoms with van der Waals surface area (Å²) in [6.07, 6.45) is 1.79. The Morgan fingerprint density at radius 1 is 1.31 bits per heavy atom. The number of sulfonamides is 1. The van der Waals surface area contributed by atoms with Crippen LogP contribution in [0.3, 0.4) is 0 Å². The molecule has 2 N–H and O–H groups in total. The summed E-state index contributed by atoms with van der Waals surface area (Å²) in [5.74, 6) is 0.878. The Bertz CT molecular complexity index is 901. The van der Waals surface area contributed by atoms with E-state index in [2.05, 4.69) is 16.5 Å². The van der Waals surface area contributed by atoms with Gasteiger partial charge in [-0.25, -0.2) is 18.5 Å². The molecule has 0 radical (unpaired) electrons. The summed E-state index contributed by atoms with van der Waals surface area (Å²) >= 11 is 0. The average molecular weight is 380 g/mol. The van der Waals surface area contributed by atoms with E-state index in [1.807, 2.05) is 4.90 Å². The van der Waals surface area contributed by atoms with Crippen LogP contribution in [0.2, 0.25) is 0 Å². The van der Waals surface area contributed by atoms with Gasteiger partial charge in [0.1, 0.15) is 5.82 Å². The monoisotopic (exact) mass is 380 g/mol. The highest BCUT2D eigenvalue weighted by Crippen LogP contribution is 2.21. The minimum atomic E-state index is -3.77. The summed E-state index contributed by atoms with van der Waals surface area (Å²) in [6, 6.07) is 4.71. The van der Waals surface area contributed by atoms with Crippen LogP contribution in [-0.2, 0) is 32.5 Å². The second kappa shape index (κ2) is 7.73. The molecule has 1 aliphatic heterocycles. The minimum Gasteiger partial charge on any atom is -0.378 e. The fourth-order valence-electron chi connectivity index (χ4n) is 3.19. The molecule has 1 fully saturated rings. The van der Waals surface area contributed by atoms with Crippen molar-refractivity contribution in [3.63, 3.8) is 0 Å². The average Bonchev–Trinajstić information content (AvgIpc) is 2.97. The summed E-state index contributed by atoms with van der Waals surface area (Å²) in [7, 11) is -3.77. The SMILES string of the molecule is CCCn1c(CCC(=O)N2CCOCC2)nc2cc(S(N)(=O)=O)ccc21. The van der Waals surface area contributed by atoms with Crippen LogP contribution in [0.5, 0.6) is 0 Å². The fourth-order valence-corrected chi connectivity index (χ4v) is 3.72. The van der Waals surface area contributed by atoms with Crippen molar-refractivity contribution < 1.29 is 17.9 Å². The molecule has 2 heterocycles. The maximum absolute atomic E-state index is 12.4. The molecule has 2 aromatic rings. The van der Waals surface area contributed by atoms with E-state index < -0.39 is 10.0 Å². The number of morpholine rings is 1. The summed E-state index contributed by atoms with van der Waals surface area (Å²) in [6.45, 7) is 5.23. The Labute approximate surface area is 153 Å². The number of nitrogens with zero attached hydrogens (tertiary/aromatic N) is 3. The summed E-state index contributed by atoms with van der Waals surface area (Å²) in [5.41, 5.74) is 1.44. The molecule has 0 spiro atoms. The Morgan fingerprint density at radius 3 is 2.69 bits per heavy atom. The van der Waals surface area contributed by atoms with Crippen LogP contribution in [0, 0.1) is 0 Å². The van der Waals surface area contributed by atoms with Crippen molar-refractivity contribution in [2.24, 2.45) is 5.14 Å². The molecule has 1 aromatic heterocycles. The zero-order valence-electron chi connectivity index (χ0n) is 14.8. The van der Waals surface area contributed by atoms with Gasteiger partial charge in [-0.15, -0.1) is 0 Å². The molecule has 26 heavy (non-hydrogen) atoms. The van der Waals surface area contributed by atoms with Crippen LogP contribution in [-0.4, -0.2) is 55.1 Å². The quantitative estimate of drug-likeness (QED) is 0.801. The third-order valence-electron chi connectivity index (χ3n) is 4.50. The second-order valence-corrected chi connectivity index (χ2v) is 7.93. The summed E-state index contributed by atoms with van der Waals surface area (Å²) < 4.78 is 30.5. The lowest BCUT2D eigenvalue weighted by Crippen LogP contribution is -2.40. The van der Waals surface area contributed by atoms with Crippen molar-refractivity contribution in [2.45, 2.75) is 37.6 Å². The third kappa shape index (κ3) is 4.05. The lowest BCUT2D eigenvalue weighted by Gasteiger charge is -2.26. The number of imidazole rings is 1. The number of carbonyl (C=O) groups excluding carboxylic acids is 1. The Balaban J connectivity index is 1.84.